The smallest absolute Gasteiger partial charge is 0.255 e. The van der Waals surface area contributed by atoms with Crippen LogP contribution in [0.2, 0.25) is 5.02 Å². The molecule has 3 saturated heterocycles. The summed E-state index contributed by atoms with van der Waals surface area (Å²) in [6.45, 7) is 2.18. The van der Waals surface area contributed by atoms with Gasteiger partial charge in [0.25, 0.3) is 5.92 Å². The van der Waals surface area contributed by atoms with Crippen molar-refractivity contribution in [2.75, 3.05) is 11.9 Å². The molecule has 5 rings (SSSR count). The minimum Gasteiger partial charge on any atom is -0.374 e. The van der Waals surface area contributed by atoms with Crippen LogP contribution in [0, 0.1) is 23.2 Å². The van der Waals surface area contributed by atoms with Crippen molar-refractivity contribution in [3.8, 4) is 6.07 Å². The van der Waals surface area contributed by atoms with Gasteiger partial charge in [-0.3, -0.25) is 14.4 Å². The Hall–Kier alpha value is -2.93. The Labute approximate surface area is 213 Å². The molecule has 0 aromatic heterocycles. The van der Waals surface area contributed by atoms with Crippen LogP contribution in [0.4, 0.5) is 14.5 Å². The van der Waals surface area contributed by atoms with E-state index in [1.165, 1.54) is 4.90 Å². The van der Waals surface area contributed by atoms with Gasteiger partial charge in [-0.2, -0.15) is 5.26 Å². The SMILES string of the molecule is C[C@@H](Nc1cccc(Cl)c1)C(=O)N1[C@@H]2CC[C@H]([C@@H]1C(=O)N[C@@H](C#N)C[C@H]1CCCNC1=O)C(F)(F)C2. The summed E-state index contributed by atoms with van der Waals surface area (Å²) in [5.41, 5.74) is 0.590. The molecule has 3 amide bonds. The van der Waals surface area contributed by atoms with E-state index in [0.29, 0.717) is 30.1 Å². The Balaban J connectivity index is 1.52. The summed E-state index contributed by atoms with van der Waals surface area (Å²) in [7, 11) is 0. The first-order chi connectivity index (χ1) is 17.1. The fourth-order valence-corrected chi connectivity index (χ4v) is 5.87. The van der Waals surface area contributed by atoms with Crippen molar-refractivity contribution >= 4 is 35.0 Å². The lowest BCUT2D eigenvalue weighted by Gasteiger charge is -2.54. The number of nitrogens with one attached hydrogen (secondary N) is 3. The minimum atomic E-state index is -3.10. The first kappa shape index (κ1) is 26.1. The lowest BCUT2D eigenvalue weighted by atomic mass is 9.71. The molecule has 3 N–H and O–H groups in total. The summed E-state index contributed by atoms with van der Waals surface area (Å²) in [4.78, 5) is 40.3. The van der Waals surface area contributed by atoms with Crippen LogP contribution in [0.5, 0.6) is 0 Å². The molecule has 1 aromatic rings. The lowest BCUT2D eigenvalue weighted by Crippen LogP contribution is -2.70. The average Bonchev–Trinajstić information content (AvgIpc) is 2.83. The van der Waals surface area contributed by atoms with Gasteiger partial charge in [0, 0.05) is 35.6 Å². The third-order valence-corrected chi connectivity index (χ3v) is 7.66. The van der Waals surface area contributed by atoms with E-state index in [-0.39, 0.29) is 18.7 Å². The van der Waals surface area contributed by atoms with Crippen molar-refractivity contribution in [3.63, 3.8) is 0 Å². The number of benzene rings is 1. The summed E-state index contributed by atoms with van der Waals surface area (Å²) in [5, 5.41) is 18.4. The summed E-state index contributed by atoms with van der Waals surface area (Å²) in [6.07, 6.45) is 1.43. The fraction of sp³-hybridized carbons (Fsp3) is 0.600. The number of hydrogen-bond acceptors (Lipinski definition) is 5. The molecule has 1 aliphatic carbocycles. The van der Waals surface area contributed by atoms with E-state index in [9.17, 15) is 28.4 Å². The van der Waals surface area contributed by atoms with Gasteiger partial charge in [-0.25, -0.2) is 8.78 Å². The number of anilines is 1. The van der Waals surface area contributed by atoms with Crippen LogP contribution in [-0.2, 0) is 14.4 Å². The van der Waals surface area contributed by atoms with Crippen LogP contribution >= 0.6 is 11.6 Å². The quantitative estimate of drug-likeness (QED) is 0.510. The summed E-state index contributed by atoms with van der Waals surface area (Å²) in [5.74, 6) is -6.32. The highest BCUT2D eigenvalue weighted by Gasteiger charge is 2.60. The molecule has 194 valence electrons. The summed E-state index contributed by atoms with van der Waals surface area (Å²) >= 11 is 6.02. The van der Waals surface area contributed by atoms with E-state index in [4.69, 9.17) is 11.6 Å². The number of carbonyl (C=O) groups excluding carboxylic acids is 3. The summed E-state index contributed by atoms with van der Waals surface area (Å²) in [6, 6.07) is 4.74. The van der Waals surface area contributed by atoms with Gasteiger partial charge in [-0.05, 0) is 57.2 Å². The van der Waals surface area contributed by atoms with Gasteiger partial charge in [0.1, 0.15) is 18.1 Å². The molecule has 11 heteroatoms. The Morgan fingerprint density at radius 1 is 1.33 bits per heavy atom. The monoisotopic (exact) mass is 521 g/mol. The highest BCUT2D eigenvalue weighted by Crippen LogP contribution is 2.49. The van der Waals surface area contributed by atoms with Crippen LogP contribution in [0.1, 0.15) is 45.4 Å². The molecule has 1 saturated carbocycles. The Bertz CT molecular complexity index is 1060. The Kier molecular flexibility index (Phi) is 7.69. The highest BCUT2D eigenvalue weighted by molar-refractivity contribution is 6.30. The molecule has 0 radical (unpaired) electrons. The topological polar surface area (TPSA) is 114 Å². The number of alkyl halides is 2. The summed E-state index contributed by atoms with van der Waals surface area (Å²) < 4.78 is 29.8. The number of nitriles is 1. The zero-order valence-corrected chi connectivity index (χ0v) is 20.7. The van der Waals surface area contributed by atoms with Crippen LogP contribution < -0.4 is 16.0 Å². The number of rotatable bonds is 7. The molecule has 4 aliphatic rings. The van der Waals surface area contributed by atoms with E-state index in [2.05, 4.69) is 16.0 Å². The maximum absolute atomic E-state index is 14.9. The number of amides is 3. The third kappa shape index (κ3) is 5.41. The second-order valence-electron chi connectivity index (χ2n) is 9.93. The fourth-order valence-electron chi connectivity index (χ4n) is 5.68. The van der Waals surface area contributed by atoms with Crippen LogP contribution in [-0.4, -0.2) is 59.3 Å². The molecule has 3 aliphatic heterocycles. The average molecular weight is 522 g/mol. The normalized spacial score (nSPS) is 28.4. The molecular weight excluding hydrogens is 492 g/mol. The van der Waals surface area contributed by atoms with Crippen LogP contribution in [0.15, 0.2) is 24.3 Å². The molecule has 3 heterocycles. The largest absolute Gasteiger partial charge is 0.374 e. The maximum atomic E-state index is 14.9. The molecule has 1 aromatic carbocycles. The molecular formula is C25H30ClF2N5O3. The minimum absolute atomic E-state index is 0.0892. The Morgan fingerprint density at radius 2 is 2.11 bits per heavy atom. The molecule has 0 unspecified atom stereocenters. The van der Waals surface area contributed by atoms with Crippen molar-refractivity contribution in [3.05, 3.63) is 29.3 Å². The molecule has 8 nitrogen and oxygen atoms in total. The van der Waals surface area contributed by atoms with Crippen molar-refractivity contribution in [2.24, 2.45) is 11.8 Å². The standard InChI is InChI=1S/C25H30ClF2N5O3/c1-14(31-17-6-2-5-16(26)11-17)24(36)33-19-7-8-20(25(27,28)12-19)21(33)23(35)32-18(13-29)10-15-4-3-9-30-22(15)34/h2,5-6,11,14-15,18-21,31H,3-4,7-10,12H2,1H3,(H,30,34)(H,32,35)/t14-,15-,18-,19-,20-,21-/m1/s1. The number of nitrogens with zero attached hydrogens (tertiary/aromatic N) is 2. The zero-order chi connectivity index (χ0) is 26.0. The molecule has 36 heavy (non-hydrogen) atoms. The second-order valence-corrected chi connectivity index (χ2v) is 10.4. The van der Waals surface area contributed by atoms with Gasteiger partial charge in [-0.15, -0.1) is 0 Å². The molecule has 0 spiro atoms. The zero-order valence-electron chi connectivity index (χ0n) is 20.0. The predicted molar refractivity (Wildman–Crippen MR) is 129 cm³/mol. The molecule has 6 atom stereocenters. The second kappa shape index (κ2) is 10.6. The number of halogens is 3. The Morgan fingerprint density at radius 3 is 2.78 bits per heavy atom. The van der Waals surface area contributed by atoms with Gasteiger partial charge >= 0.3 is 0 Å². The highest BCUT2D eigenvalue weighted by atomic mass is 35.5. The lowest BCUT2D eigenvalue weighted by molar-refractivity contribution is -0.194. The third-order valence-electron chi connectivity index (χ3n) is 7.43. The molecule has 4 fully saturated rings. The first-order valence-electron chi connectivity index (χ1n) is 12.3. The van der Waals surface area contributed by atoms with E-state index in [1.807, 2.05) is 6.07 Å². The van der Waals surface area contributed by atoms with Gasteiger partial charge in [-0.1, -0.05) is 17.7 Å². The number of fused-ring (bicyclic) bond motifs is 3. The van der Waals surface area contributed by atoms with E-state index < -0.39 is 60.2 Å². The number of piperidine rings is 3. The predicted octanol–water partition coefficient (Wildman–Crippen LogP) is 3.08. The van der Waals surface area contributed by atoms with Gasteiger partial charge < -0.3 is 20.9 Å². The van der Waals surface area contributed by atoms with E-state index >= 15 is 0 Å². The van der Waals surface area contributed by atoms with Gasteiger partial charge in [0.2, 0.25) is 17.7 Å². The van der Waals surface area contributed by atoms with Crippen molar-refractivity contribution in [1.82, 2.24) is 15.5 Å². The van der Waals surface area contributed by atoms with Gasteiger partial charge in [0.05, 0.1) is 12.0 Å². The number of hydrogen-bond donors (Lipinski definition) is 3. The van der Waals surface area contributed by atoms with E-state index in [1.54, 1.807) is 31.2 Å². The van der Waals surface area contributed by atoms with Crippen LogP contribution in [0.25, 0.3) is 0 Å². The maximum Gasteiger partial charge on any atom is 0.255 e. The first-order valence-corrected chi connectivity index (χ1v) is 12.7. The van der Waals surface area contributed by atoms with E-state index in [0.717, 1.165) is 6.42 Å². The van der Waals surface area contributed by atoms with Crippen LogP contribution in [0.3, 0.4) is 0 Å². The van der Waals surface area contributed by atoms with Crippen molar-refractivity contribution in [1.29, 1.82) is 5.26 Å². The molecule has 2 bridgehead atoms. The van der Waals surface area contributed by atoms with Crippen molar-refractivity contribution in [2.45, 2.75) is 75.5 Å². The van der Waals surface area contributed by atoms with Crippen molar-refractivity contribution < 1.29 is 23.2 Å². The number of carbonyl (C=O) groups is 3. The van der Waals surface area contributed by atoms with Gasteiger partial charge in [0.15, 0.2) is 0 Å².